The molecular weight excluding hydrogens is 434 g/mol. The molecule has 1 aromatic rings. The molecule has 0 aromatic heterocycles. The zero-order valence-electron chi connectivity index (χ0n) is 18.0. The molecule has 2 aliphatic heterocycles. The molecule has 0 radical (unpaired) electrons. The quantitative estimate of drug-likeness (QED) is 0.478. The minimum atomic E-state index is -1.28. The molecule has 3 rings (SSSR count). The normalized spacial score (nSPS) is 19.3. The molecule has 5 amide bonds. The van der Waals surface area contributed by atoms with Gasteiger partial charge in [0.05, 0.1) is 19.0 Å². The first kappa shape index (κ1) is 23.7. The van der Waals surface area contributed by atoms with Crippen molar-refractivity contribution >= 4 is 36.0 Å². The lowest BCUT2D eigenvalue weighted by atomic mass is 10.1. The van der Waals surface area contributed by atoms with Gasteiger partial charge in [-0.1, -0.05) is 18.2 Å². The number of benzene rings is 1. The van der Waals surface area contributed by atoms with Gasteiger partial charge in [0.1, 0.15) is 12.3 Å². The van der Waals surface area contributed by atoms with Crippen LogP contribution in [0.3, 0.4) is 0 Å². The number of carboxylic acid groups (broad SMARTS) is 1. The van der Waals surface area contributed by atoms with E-state index >= 15 is 0 Å². The van der Waals surface area contributed by atoms with Gasteiger partial charge in [-0.2, -0.15) is 0 Å². The highest BCUT2D eigenvalue weighted by atomic mass is 16.4. The largest absolute Gasteiger partial charge is 0.481 e. The molecule has 2 atom stereocenters. The molecular formula is C21H25N5O7. The summed E-state index contributed by atoms with van der Waals surface area (Å²) in [6, 6.07) is 3.60. The van der Waals surface area contributed by atoms with Gasteiger partial charge < -0.3 is 15.2 Å². The number of urea groups is 1. The van der Waals surface area contributed by atoms with Gasteiger partial charge in [-0.3, -0.25) is 24.6 Å². The fourth-order valence-corrected chi connectivity index (χ4v) is 3.83. The van der Waals surface area contributed by atoms with Gasteiger partial charge in [-0.25, -0.2) is 19.8 Å². The summed E-state index contributed by atoms with van der Waals surface area (Å²) in [5.41, 5.74) is 3.57. The number of fused-ring (bicyclic) bond motifs is 1. The minimum Gasteiger partial charge on any atom is -0.481 e. The zero-order chi connectivity index (χ0) is 24.1. The number of nitrogens with zero attached hydrogens (tertiary/aromatic N) is 3. The molecule has 33 heavy (non-hydrogen) atoms. The third-order valence-electron chi connectivity index (χ3n) is 5.48. The first-order chi connectivity index (χ1) is 15.7. The maximum atomic E-state index is 13.3. The summed E-state index contributed by atoms with van der Waals surface area (Å²) in [5.74, 6) is -2.97. The van der Waals surface area contributed by atoms with Crippen LogP contribution in [-0.2, 0) is 19.2 Å². The highest BCUT2D eigenvalue weighted by Crippen LogP contribution is 2.24. The van der Waals surface area contributed by atoms with Crippen LogP contribution in [-0.4, -0.2) is 81.3 Å². The highest BCUT2D eigenvalue weighted by Gasteiger charge is 2.44. The number of carboxylic acids is 1. The molecule has 2 heterocycles. The van der Waals surface area contributed by atoms with Crippen LogP contribution in [0.4, 0.5) is 4.79 Å². The lowest BCUT2D eigenvalue weighted by Gasteiger charge is -2.42. The molecule has 2 aliphatic rings. The van der Waals surface area contributed by atoms with Crippen LogP contribution in [0.15, 0.2) is 24.3 Å². The van der Waals surface area contributed by atoms with Crippen LogP contribution >= 0.6 is 0 Å². The van der Waals surface area contributed by atoms with E-state index in [1.807, 2.05) is 0 Å². The molecule has 0 bridgehead atoms. The third-order valence-corrected chi connectivity index (χ3v) is 5.48. The molecule has 12 heteroatoms. The van der Waals surface area contributed by atoms with E-state index in [1.54, 1.807) is 31.2 Å². The molecule has 1 aromatic carbocycles. The molecule has 176 valence electrons. The van der Waals surface area contributed by atoms with Gasteiger partial charge in [0.25, 0.3) is 5.91 Å². The van der Waals surface area contributed by atoms with Crippen molar-refractivity contribution in [3.8, 4) is 0 Å². The molecule has 3 N–H and O–H groups in total. The van der Waals surface area contributed by atoms with Crippen LogP contribution in [0.5, 0.6) is 0 Å². The number of aliphatic carboxylic acids is 1. The number of amides is 5. The molecule has 2 saturated heterocycles. The van der Waals surface area contributed by atoms with Gasteiger partial charge in [0.2, 0.25) is 11.8 Å². The number of hydrazine groups is 2. The van der Waals surface area contributed by atoms with Gasteiger partial charge in [-0.05, 0) is 31.4 Å². The van der Waals surface area contributed by atoms with E-state index in [0.717, 1.165) is 10.0 Å². The van der Waals surface area contributed by atoms with Gasteiger partial charge in [-0.15, -0.1) is 0 Å². The SMILES string of the molecule is Cc1ccccc1C(=O)NN1CCC(=O)N2CCCC(C(=O)NC(C=O)CC(=O)O)N2C1=O. The second-order valence-electron chi connectivity index (χ2n) is 7.81. The van der Waals surface area contributed by atoms with Crippen molar-refractivity contribution in [2.24, 2.45) is 0 Å². The van der Waals surface area contributed by atoms with E-state index in [0.29, 0.717) is 23.8 Å². The van der Waals surface area contributed by atoms with E-state index in [2.05, 4.69) is 10.7 Å². The first-order valence-corrected chi connectivity index (χ1v) is 10.5. The summed E-state index contributed by atoms with van der Waals surface area (Å²) in [5, 5.41) is 14.4. The fourth-order valence-electron chi connectivity index (χ4n) is 3.83. The minimum absolute atomic E-state index is 0.0688. The maximum Gasteiger partial charge on any atom is 0.358 e. The van der Waals surface area contributed by atoms with Crippen LogP contribution in [0.25, 0.3) is 0 Å². The smallest absolute Gasteiger partial charge is 0.358 e. The van der Waals surface area contributed by atoms with Crippen molar-refractivity contribution in [3.05, 3.63) is 35.4 Å². The highest BCUT2D eigenvalue weighted by molar-refractivity contribution is 5.97. The van der Waals surface area contributed by atoms with Gasteiger partial charge >= 0.3 is 12.0 Å². The Morgan fingerprint density at radius 2 is 1.94 bits per heavy atom. The molecule has 0 saturated carbocycles. The van der Waals surface area contributed by atoms with E-state index in [9.17, 15) is 28.8 Å². The fraction of sp³-hybridized carbons (Fsp3) is 0.429. The average Bonchev–Trinajstić information content (AvgIpc) is 2.90. The van der Waals surface area contributed by atoms with E-state index in [4.69, 9.17) is 5.11 Å². The number of rotatable bonds is 7. The number of carbonyl (C=O) groups is 6. The number of hydrogen-bond acceptors (Lipinski definition) is 6. The number of aldehydes is 1. The maximum absolute atomic E-state index is 13.3. The molecule has 0 aliphatic carbocycles. The van der Waals surface area contributed by atoms with Crippen molar-refractivity contribution in [2.75, 3.05) is 13.1 Å². The van der Waals surface area contributed by atoms with Crippen LogP contribution in [0.2, 0.25) is 0 Å². The second kappa shape index (κ2) is 10.1. The Kier molecular flexibility index (Phi) is 7.26. The Bertz CT molecular complexity index is 982. The van der Waals surface area contributed by atoms with Crippen molar-refractivity contribution in [1.29, 1.82) is 0 Å². The Balaban J connectivity index is 1.82. The van der Waals surface area contributed by atoms with Gasteiger partial charge in [0, 0.05) is 18.5 Å². The van der Waals surface area contributed by atoms with Crippen molar-refractivity contribution in [1.82, 2.24) is 25.8 Å². The van der Waals surface area contributed by atoms with E-state index in [1.165, 1.54) is 5.01 Å². The van der Waals surface area contributed by atoms with Crippen molar-refractivity contribution in [3.63, 3.8) is 0 Å². The Labute approximate surface area is 189 Å². The van der Waals surface area contributed by atoms with Crippen molar-refractivity contribution in [2.45, 2.75) is 44.7 Å². The Hall–Kier alpha value is -3.96. The average molecular weight is 459 g/mol. The summed E-state index contributed by atoms with van der Waals surface area (Å²) in [6.07, 6.45) is 0.238. The summed E-state index contributed by atoms with van der Waals surface area (Å²) >= 11 is 0. The van der Waals surface area contributed by atoms with Gasteiger partial charge in [0.15, 0.2) is 0 Å². The number of aryl methyl sites for hydroxylation is 1. The molecule has 2 fully saturated rings. The third kappa shape index (κ3) is 5.27. The standard InChI is InChI=1S/C21H25N5O7/c1-13-5-2-3-6-15(13)19(31)23-24-10-8-17(28)25-9-4-7-16(26(25)21(24)33)20(32)22-14(12-27)11-18(29)30/h2-3,5-6,12,14,16H,4,7-11H2,1H3,(H,22,32)(H,23,31)(H,29,30). The molecule has 2 unspecified atom stereocenters. The monoisotopic (exact) mass is 459 g/mol. The Morgan fingerprint density at radius 1 is 1.21 bits per heavy atom. The second-order valence-corrected chi connectivity index (χ2v) is 7.81. The Morgan fingerprint density at radius 3 is 2.61 bits per heavy atom. The van der Waals surface area contributed by atoms with Crippen LogP contribution < -0.4 is 10.7 Å². The number of hydrogen-bond donors (Lipinski definition) is 3. The van der Waals surface area contributed by atoms with E-state index < -0.39 is 48.2 Å². The predicted octanol–water partition coefficient (Wildman–Crippen LogP) is -0.168. The predicted molar refractivity (Wildman–Crippen MR) is 112 cm³/mol. The summed E-state index contributed by atoms with van der Waals surface area (Å²) in [4.78, 5) is 73.7. The lowest BCUT2D eigenvalue weighted by molar-refractivity contribution is -0.155. The zero-order valence-corrected chi connectivity index (χ0v) is 18.0. The van der Waals surface area contributed by atoms with Crippen LogP contribution in [0, 0.1) is 6.92 Å². The number of carbonyl (C=O) groups excluding carboxylic acids is 5. The topological polar surface area (TPSA) is 156 Å². The lowest BCUT2D eigenvalue weighted by Crippen LogP contribution is -2.64. The molecule has 0 spiro atoms. The first-order valence-electron chi connectivity index (χ1n) is 10.5. The summed E-state index contributed by atoms with van der Waals surface area (Å²) < 4.78 is 0. The van der Waals surface area contributed by atoms with E-state index in [-0.39, 0.29) is 25.9 Å². The number of nitrogens with one attached hydrogen (secondary N) is 2. The summed E-state index contributed by atoms with van der Waals surface area (Å²) in [7, 11) is 0. The van der Waals surface area contributed by atoms with Crippen LogP contribution in [0.1, 0.15) is 41.6 Å². The van der Waals surface area contributed by atoms with Crippen molar-refractivity contribution < 1.29 is 33.9 Å². The molecule has 12 nitrogen and oxygen atoms in total. The summed E-state index contributed by atoms with van der Waals surface area (Å²) in [6.45, 7) is 1.86.